The summed E-state index contributed by atoms with van der Waals surface area (Å²) in [6.07, 6.45) is 3.50. The van der Waals surface area contributed by atoms with Crippen molar-refractivity contribution in [1.29, 1.82) is 0 Å². The first-order valence-corrected chi connectivity index (χ1v) is 4.88. The van der Waals surface area contributed by atoms with E-state index >= 15 is 0 Å². The molecule has 5 heteroatoms. The van der Waals surface area contributed by atoms with Crippen molar-refractivity contribution in [3.63, 3.8) is 0 Å². The zero-order valence-corrected chi connectivity index (χ0v) is 9.56. The summed E-state index contributed by atoms with van der Waals surface area (Å²) < 4.78 is 6.28. The van der Waals surface area contributed by atoms with E-state index in [1.54, 1.807) is 29.8 Å². The van der Waals surface area contributed by atoms with Gasteiger partial charge in [0.15, 0.2) is 12.4 Å². The van der Waals surface area contributed by atoms with Crippen LogP contribution in [0.5, 0.6) is 0 Å². The summed E-state index contributed by atoms with van der Waals surface area (Å²) in [6.45, 7) is 1.58. The zero-order chi connectivity index (χ0) is 12.1. The van der Waals surface area contributed by atoms with Crippen molar-refractivity contribution >= 4 is 11.9 Å². The van der Waals surface area contributed by atoms with Crippen molar-refractivity contribution in [2.45, 2.75) is 13.0 Å². The van der Waals surface area contributed by atoms with Crippen LogP contribution in [0.3, 0.4) is 0 Å². The smallest absolute Gasteiger partial charge is 0.328 e. The number of carbonyl (C=O) groups is 2. The number of nitrogens with one attached hydrogen (secondary N) is 1. The summed E-state index contributed by atoms with van der Waals surface area (Å²) in [6, 6.07) is 2.79. The number of nitrogens with zero attached hydrogens (tertiary/aromatic N) is 1. The lowest BCUT2D eigenvalue weighted by molar-refractivity contribution is -0.671. The second kappa shape index (κ2) is 5.25. The number of rotatable bonds is 3. The number of amides is 1. The summed E-state index contributed by atoms with van der Waals surface area (Å²) >= 11 is 0. The maximum atomic E-state index is 11.7. The number of pyridine rings is 1. The molecule has 5 nitrogen and oxygen atoms in total. The first kappa shape index (κ1) is 12.2. The fourth-order valence-corrected chi connectivity index (χ4v) is 1.24. The molecule has 16 heavy (non-hydrogen) atoms. The van der Waals surface area contributed by atoms with Crippen LogP contribution in [-0.2, 0) is 16.6 Å². The lowest BCUT2D eigenvalue weighted by atomic mass is 10.2. The van der Waals surface area contributed by atoms with Crippen LogP contribution in [0.25, 0.3) is 0 Å². The summed E-state index contributed by atoms with van der Waals surface area (Å²) in [5.74, 6) is -0.761. The molecule has 1 aromatic rings. The molecule has 0 fully saturated rings. The highest BCUT2D eigenvalue weighted by Crippen LogP contribution is 1.96. The second-order valence-electron chi connectivity index (χ2n) is 3.48. The number of methoxy groups -OCH3 is 1. The van der Waals surface area contributed by atoms with Gasteiger partial charge >= 0.3 is 5.97 Å². The van der Waals surface area contributed by atoms with Gasteiger partial charge in [0, 0.05) is 6.07 Å². The third-order valence-corrected chi connectivity index (χ3v) is 2.10. The third-order valence-electron chi connectivity index (χ3n) is 2.10. The Morgan fingerprint density at radius 1 is 1.50 bits per heavy atom. The van der Waals surface area contributed by atoms with E-state index in [0.29, 0.717) is 5.56 Å². The molecule has 0 saturated carbocycles. The molecule has 86 valence electrons. The van der Waals surface area contributed by atoms with Crippen LogP contribution < -0.4 is 9.88 Å². The highest BCUT2D eigenvalue weighted by atomic mass is 16.5. The Bertz CT molecular complexity index is 404. The highest BCUT2D eigenvalue weighted by molar-refractivity contribution is 5.96. The van der Waals surface area contributed by atoms with Crippen LogP contribution in [0.2, 0.25) is 0 Å². The van der Waals surface area contributed by atoms with Gasteiger partial charge in [0.25, 0.3) is 5.91 Å². The van der Waals surface area contributed by atoms with Crippen molar-refractivity contribution < 1.29 is 18.9 Å². The van der Waals surface area contributed by atoms with Crippen LogP contribution in [0.4, 0.5) is 0 Å². The monoisotopic (exact) mass is 223 g/mol. The highest BCUT2D eigenvalue weighted by Gasteiger charge is 2.17. The first-order valence-electron chi connectivity index (χ1n) is 4.88. The Labute approximate surface area is 94.0 Å². The molecular formula is C11H15N2O3+. The van der Waals surface area contributed by atoms with Crippen LogP contribution in [0.1, 0.15) is 17.3 Å². The Morgan fingerprint density at radius 3 is 2.75 bits per heavy atom. The van der Waals surface area contributed by atoms with E-state index in [4.69, 9.17) is 0 Å². The van der Waals surface area contributed by atoms with Crippen molar-refractivity contribution in [2.24, 2.45) is 7.05 Å². The van der Waals surface area contributed by atoms with Crippen LogP contribution in [0.15, 0.2) is 24.5 Å². The van der Waals surface area contributed by atoms with Gasteiger partial charge in [0.05, 0.1) is 7.11 Å². The van der Waals surface area contributed by atoms with Crippen molar-refractivity contribution in [1.82, 2.24) is 5.32 Å². The third kappa shape index (κ3) is 3.05. The number of ether oxygens (including phenoxy) is 1. The van der Waals surface area contributed by atoms with E-state index in [2.05, 4.69) is 10.1 Å². The second-order valence-corrected chi connectivity index (χ2v) is 3.48. The summed E-state index contributed by atoms with van der Waals surface area (Å²) in [5, 5.41) is 2.55. The molecule has 1 amide bonds. The molecule has 0 aliphatic carbocycles. The van der Waals surface area contributed by atoms with Gasteiger partial charge in [-0.05, 0) is 13.0 Å². The minimum atomic E-state index is -0.650. The van der Waals surface area contributed by atoms with E-state index < -0.39 is 12.0 Å². The average molecular weight is 223 g/mol. The predicted molar refractivity (Wildman–Crippen MR) is 56.6 cm³/mol. The quantitative estimate of drug-likeness (QED) is 0.570. The fourth-order valence-electron chi connectivity index (χ4n) is 1.24. The molecule has 1 N–H and O–H groups in total. The largest absolute Gasteiger partial charge is 0.467 e. The SMILES string of the molecule is COC(=O)[C@H](C)NC(=O)c1ccc[n+](C)c1. The maximum Gasteiger partial charge on any atom is 0.328 e. The van der Waals surface area contributed by atoms with Crippen molar-refractivity contribution in [3.8, 4) is 0 Å². The van der Waals surface area contributed by atoms with Gasteiger partial charge in [-0.2, -0.15) is 0 Å². The van der Waals surface area contributed by atoms with Gasteiger partial charge in [0.1, 0.15) is 18.7 Å². The minimum absolute atomic E-state index is 0.297. The van der Waals surface area contributed by atoms with Crippen LogP contribution in [0, 0.1) is 0 Å². The molecule has 1 rings (SSSR count). The molecule has 0 spiro atoms. The van der Waals surface area contributed by atoms with Crippen molar-refractivity contribution in [3.05, 3.63) is 30.1 Å². The Kier molecular flexibility index (Phi) is 3.99. The average Bonchev–Trinajstić information content (AvgIpc) is 2.27. The molecule has 0 aromatic carbocycles. The molecule has 0 saturated heterocycles. The number of aryl methyl sites for hydroxylation is 1. The van der Waals surface area contributed by atoms with Gasteiger partial charge < -0.3 is 10.1 Å². The van der Waals surface area contributed by atoms with Gasteiger partial charge in [-0.1, -0.05) is 0 Å². The Balaban J connectivity index is 2.69. The Hall–Kier alpha value is -1.91. The molecule has 1 aromatic heterocycles. The molecule has 0 aliphatic rings. The summed E-state index contributed by atoms with van der Waals surface area (Å²) in [5.41, 5.74) is 0.501. The zero-order valence-electron chi connectivity index (χ0n) is 9.56. The molecule has 0 aliphatic heterocycles. The normalized spacial score (nSPS) is 11.7. The van der Waals surface area contributed by atoms with Crippen molar-refractivity contribution in [2.75, 3.05) is 7.11 Å². The number of hydrogen-bond acceptors (Lipinski definition) is 3. The molecule has 0 unspecified atom stereocenters. The fraction of sp³-hybridized carbons (Fsp3) is 0.364. The van der Waals surface area contributed by atoms with Gasteiger partial charge in [-0.25, -0.2) is 9.36 Å². The first-order chi connectivity index (χ1) is 7.54. The Morgan fingerprint density at radius 2 is 2.19 bits per heavy atom. The number of esters is 1. The van der Waals surface area contributed by atoms with E-state index in [0.717, 1.165) is 0 Å². The summed E-state index contributed by atoms with van der Waals surface area (Å²) in [4.78, 5) is 22.8. The topological polar surface area (TPSA) is 59.3 Å². The molecular weight excluding hydrogens is 208 g/mol. The molecule has 0 radical (unpaired) electrons. The minimum Gasteiger partial charge on any atom is -0.467 e. The van der Waals surface area contributed by atoms with Crippen LogP contribution >= 0.6 is 0 Å². The van der Waals surface area contributed by atoms with E-state index in [-0.39, 0.29) is 5.91 Å². The molecule has 1 atom stereocenters. The van der Waals surface area contributed by atoms with E-state index in [9.17, 15) is 9.59 Å². The van der Waals surface area contributed by atoms with E-state index in [1.807, 2.05) is 13.2 Å². The lowest BCUT2D eigenvalue weighted by Crippen LogP contribution is -2.40. The number of carbonyl (C=O) groups excluding carboxylic acids is 2. The number of aromatic nitrogens is 1. The predicted octanol–water partition coefficient (Wildman–Crippen LogP) is -0.198. The number of hydrogen-bond donors (Lipinski definition) is 1. The van der Waals surface area contributed by atoms with Crippen LogP contribution in [-0.4, -0.2) is 25.0 Å². The standard InChI is InChI=1S/C11H14N2O3/c1-8(11(15)16-3)12-10(14)9-5-4-6-13(2)7-9/h4-8H,1-3H3/p+1/t8-/m0/s1. The van der Waals surface area contributed by atoms with Gasteiger partial charge in [-0.3, -0.25) is 4.79 Å². The lowest BCUT2D eigenvalue weighted by Gasteiger charge is -2.10. The van der Waals surface area contributed by atoms with E-state index in [1.165, 1.54) is 7.11 Å². The molecule has 1 heterocycles. The molecule has 0 bridgehead atoms. The summed E-state index contributed by atoms with van der Waals surface area (Å²) in [7, 11) is 3.11. The van der Waals surface area contributed by atoms with Gasteiger partial charge in [-0.15, -0.1) is 0 Å². The van der Waals surface area contributed by atoms with Gasteiger partial charge in [0.2, 0.25) is 0 Å². The maximum absolute atomic E-state index is 11.7.